The van der Waals surface area contributed by atoms with Gasteiger partial charge in [0.05, 0.1) is 6.54 Å². The minimum Gasteiger partial charge on any atom is -0.316 e. The molecule has 5 heteroatoms. The van der Waals surface area contributed by atoms with E-state index in [0.29, 0.717) is 18.4 Å². The van der Waals surface area contributed by atoms with Gasteiger partial charge in [-0.1, -0.05) is 6.92 Å². The monoisotopic (exact) mass is 236 g/mol. The summed E-state index contributed by atoms with van der Waals surface area (Å²) in [4.78, 5) is 1.63. The quantitative estimate of drug-likeness (QED) is 0.801. The van der Waals surface area contributed by atoms with Gasteiger partial charge in [-0.05, 0) is 37.8 Å². The number of alkyl halides is 3. The predicted molar refractivity (Wildman–Crippen MR) is 56.2 cm³/mol. The molecule has 2 fully saturated rings. The summed E-state index contributed by atoms with van der Waals surface area (Å²) in [7, 11) is 0. The van der Waals surface area contributed by atoms with E-state index in [0.717, 1.165) is 25.9 Å². The Bertz CT molecular complexity index is 238. The van der Waals surface area contributed by atoms with Crippen LogP contribution in [0.25, 0.3) is 0 Å². The van der Waals surface area contributed by atoms with Crippen molar-refractivity contribution in [3.63, 3.8) is 0 Å². The molecule has 0 radical (unpaired) electrons. The lowest BCUT2D eigenvalue weighted by molar-refractivity contribution is -0.148. The van der Waals surface area contributed by atoms with Gasteiger partial charge in [-0.15, -0.1) is 0 Å². The van der Waals surface area contributed by atoms with Crippen LogP contribution in [0.3, 0.4) is 0 Å². The normalized spacial score (nSPS) is 31.3. The molecule has 1 aliphatic carbocycles. The Labute approximate surface area is 94.2 Å². The van der Waals surface area contributed by atoms with Crippen LogP contribution in [-0.4, -0.2) is 43.3 Å². The van der Waals surface area contributed by atoms with Crippen LogP contribution in [0.2, 0.25) is 0 Å². The SMILES string of the molecule is C[C@@H]1CNC[C@H]1CN(CC(F)(F)F)C1CC1. The summed E-state index contributed by atoms with van der Waals surface area (Å²) in [5, 5.41) is 3.24. The van der Waals surface area contributed by atoms with E-state index >= 15 is 0 Å². The Kier molecular flexibility index (Phi) is 3.45. The highest BCUT2D eigenvalue weighted by Crippen LogP contribution is 2.32. The average Bonchev–Trinajstić information content (AvgIpc) is 2.90. The number of hydrogen-bond donors (Lipinski definition) is 1. The first-order valence-corrected chi connectivity index (χ1v) is 5.97. The molecule has 1 aliphatic heterocycles. The van der Waals surface area contributed by atoms with E-state index in [1.165, 1.54) is 0 Å². The molecule has 1 N–H and O–H groups in total. The Balaban J connectivity index is 1.87. The summed E-state index contributed by atoms with van der Waals surface area (Å²) in [6, 6.07) is 0.189. The van der Waals surface area contributed by atoms with E-state index in [2.05, 4.69) is 12.2 Å². The maximum atomic E-state index is 12.4. The van der Waals surface area contributed by atoms with Gasteiger partial charge >= 0.3 is 6.18 Å². The van der Waals surface area contributed by atoms with Crippen molar-refractivity contribution in [1.29, 1.82) is 0 Å². The Hall–Kier alpha value is -0.290. The smallest absolute Gasteiger partial charge is 0.316 e. The summed E-state index contributed by atoms with van der Waals surface area (Å²) in [6.45, 7) is 3.78. The largest absolute Gasteiger partial charge is 0.401 e. The number of nitrogens with one attached hydrogen (secondary N) is 1. The highest BCUT2D eigenvalue weighted by Gasteiger charge is 2.39. The second-order valence-corrected chi connectivity index (χ2v) is 5.17. The van der Waals surface area contributed by atoms with Gasteiger partial charge in [0, 0.05) is 12.6 Å². The number of rotatable bonds is 4. The molecule has 2 aliphatic rings. The topological polar surface area (TPSA) is 15.3 Å². The van der Waals surface area contributed by atoms with Gasteiger partial charge in [-0.2, -0.15) is 13.2 Å². The van der Waals surface area contributed by atoms with Crippen LogP contribution in [0.4, 0.5) is 13.2 Å². The van der Waals surface area contributed by atoms with Crippen LogP contribution < -0.4 is 5.32 Å². The van der Waals surface area contributed by atoms with Gasteiger partial charge in [-0.3, -0.25) is 4.90 Å². The maximum Gasteiger partial charge on any atom is 0.401 e. The summed E-state index contributed by atoms with van der Waals surface area (Å²) in [5.41, 5.74) is 0. The molecular formula is C11H19F3N2. The summed E-state index contributed by atoms with van der Waals surface area (Å²) < 4.78 is 37.2. The van der Waals surface area contributed by atoms with E-state index in [1.807, 2.05) is 0 Å². The molecule has 0 unspecified atom stereocenters. The molecule has 0 bridgehead atoms. The third-order valence-corrected chi connectivity index (χ3v) is 3.59. The van der Waals surface area contributed by atoms with Gasteiger partial charge in [-0.25, -0.2) is 0 Å². The zero-order valence-electron chi connectivity index (χ0n) is 9.56. The van der Waals surface area contributed by atoms with Crippen LogP contribution >= 0.6 is 0 Å². The molecule has 0 amide bonds. The summed E-state index contributed by atoms with van der Waals surface area (Å²) >= 11 is 0. The van der Waals surface area contributed by atoms with Crippen molar-refractivity contribution in [2.75, 3.05) is 26.2 Å². The van der Waals surface area contributed by atoms with E-state index in [1.54, 1.807) is 4.90 Å². The lowest BCUT2D eigenvalue weighted by Crippen LogP contribution is -2.40. The first kappa shape index (κ1) is 12.2. The molecule has 16 heavy (non-hydrogen) atoms. The zero-order chi connectivity index (χ0) is 11.8. The van der Waals surface area contributed by atoms with Crippen molar-refractivity contribution in [2.24, 2.45) is 11.8 Å². The van der Waals surface area contributed by atoms with Crippen molar-refractivity contribution >= 4 is 0 Å². The summed E-state index contributed by atoms with van der Waals surface area (Å²) in [6.07, 6.45) is -2.19. The lowest BCUT2D eigenvalue weighted by Gasteiger charge is -2.27. The second-order valence-electron chi connectivity index (χ2n) is 5.17. The highest BCUT2D eigenvalue weighted by atomic mass is 19.4. The second kappa shape index (κ2) is 4.53. The number of nitrogens with zero attached hydrogens (tertiary/aromatic N) is 1. The third kappa shape index (κ3) is 3.35. The molecule has 1 saturated carbocycles. The lowest BCUT2D eigenvalue weighted by atomic mass is 9.97. The van der Waals surface area contributed by atoms with Crippen LogP contribution in [0.1, 0.15) is 19.8 Å². The molecule has 2 rings (SSSR count). The van der Waals surface area contributed by atoms with Crippen LogP contribution in [-0.2, 0) is 0 Å². The third-order valence-electron chi connectivity index (χ3n) is 3.59. The van der Waals surface area contributed by atoms with Gasteiger partial charge in [0.2, 0.25) is 0 Å². The highest BCUT2D eigenvalue weighted by molar-refractivity contribution is 4.89. The van der Waals surface area contributed by atoms with Gasteiger partial charge in [0.1, 0.15) is 0 Å². The Morgan fingerprint density at radius 1 is 1.25 bits per heavy atom. The van der Waals surface area contributed by atoms with Crippen molar-refractivity contribution < 1.29 is 13.2 Å². The Morgan fingerprint density at radius 2 is 1.94 bits per heavy atom. The first-order chi connectivity index (χ1) is 7.46. The fraction of sp³-hybridized carbons (Fsp3) is 1.00. The van der Waals surface area contributed by atoms with Crippen molar-refractivity contribution in [1.82, 2.24) is 10.2 Å². The van der Waals surface area contributed by atoms with E-state index < -0.39 is 12.7 Å². The van der Waals surface area contributed by atoms with Crippen molar-refractivity contribution in [3.8, 4) is 0 Å². The van der Waals surface area contributed by atoms with Crippen LogP contribution in [0.15, 0.2) is 0 Å². The number of hydrogen-bond acceptors (Lipinski definition) is 2. The number of halogens is 3. The van der Waals surface area contributed by atoms with E-state index in [9.17, 15) is 13.2 Å². The molecule has 0 spiro atoms. The van der Waals surface area contributed by atoms with Crippen molar-refractivity contribution in [2.45, 2.75) is 32.0 Å². The van der Waals surface area contributed by atoms with E-state index in [4.69, 9.17) is 0 Å². The maximum absolute atomic E-state index is 12.4. The molecule has 2 nitrogen and oxygen atoms in total. The molecule has 0 aromatic carbocycles. The van der Waals surface area contributed by atoms with Crippen LogP contribution in [0.5, 0.6) is 0 Å². The minimum absolute atomic E-state index is 0.189. The summed E-state index contributed by atoms with van der Waals surface area (Å²) in [5.74, 6) is 0.873. The fourth-order valence-electron chi connectivity index (χ4n) is 2.42. The molecule has 0 aromatic heterocycles. The molecular weight excluding hydrogens is 217 g/mol. The molecule has 2 atom stereocenters. The zero-order valence-corrected chi connectivity index (χ0v) is 9.56. The van der Waals surface area contributed by atoms with Crippen LogP contribution in [0, 0.1) is 11.8 Å². The van der Waals surface area contributed by atoms with E-state index in [-0.39, 0.29) is 6.04 Å². The van der Waals surface area contributed by atoms with Gasteiger partial charge in [0.25, 0.3) is 0 Å². The molecule has 94 valence electrons. The first-order valence-electron chi connectivity index (χ1n) is 5.97. The minimum atomic E-state index is -4.06. The standard InChI is InChI=1S/C11H19F3N2/c1-8-4-15-5-9(8)6-16(10-2-3-10)7-11(12,13)14/h8-10,15H,2-7H2,1H3/t8-,9+/m1/s1. The van der Waals surface area contributed by atoms with Gasteiger partial charge in [0.15, 0.2) is 0 Å². The average molecular weight is 236 g/mol. The fourth-order valence-corrected chi connectivity index (χ4v) is 2.42. The Morgan fingerprint density at radius 3 is 2.38 bits per heavy atom. The van der Waals surface area contributed by atoms with Crippen molar-refractivity contribution in [3.05, 3.63) is 0 Å². The molecule has 0 aromatic rings. The predicted octanol–water partition coefficient (Wildman–Crippen LogP) is 1.87. The molecule has 1 saturated heterocycles. The molecule has 1 heterocycles. The van der Waals surface area contributed by atoms with Gasteiger partial charge < -0.3 is 5.32 Å².